The molecule has 0 fully saturated rings. The third-order valence-corrected chi connectivity index (χ3v) is 2.53. The minimum Gasteiger partial charge on any atom is -0.422 e. The summed E-state index contributed by atoms with van der Waals surface area (Å²) in [4.78, 5) is 0. The summed E-state index contributed by atoms with van der Waals surface area (Å²) >= 11 is 5.13. The van der Waals surface area contributed by atoms with Crippen molar-refractivity contribution < 1.29 is 9.23 Å². The molecule has 0 heterocycles. The molecule has 0 amide bonds. The summed E-state index contributed by atoms with van der Waals surface area (Å²) in [6.45, 7) is 0. The Morgan fingerprint density at radius 2 is 1.62 bits per heavy atom. The van der Waals surface area contributed by atoms with Gasteiger partial charge in [0, 0.05) is 11.9 Å². The zero-order chi connectivity index (χ0) is 11.4. The van der Waals surface area contributed by atoms with Gasteiger partial charge >= 0.3 is 7.12 Å². The molecule has 2 aromatic carbocycles. The van der Waals surface area contributed by atoms with Crippen molar-refractivity contribution in [2.45, 2.75) is 0 Å². The van der Waals surface area contributed by atoms with Crippen molar-refractivity contribution in [2.24, 2.45) is 0 Å². The van der Waals surface area contributed by atoms with Gasteiger partial charge in [-0.15, -0.1) is 0 Å². The summed E-state index contributed by atoms with van der Waals surface area (Å²) in [7, 11) is -1.09. The maximum atomic E-state index is 9.45. The summed E-state index contributed by atoms with van der Waals surface area (Å²) in [5.41, 5.74) is 2.74. The van der Waals surface area contributed by atoms with E-state index in [0.29, 0.717) is 5.46 Å². The van der Waals surface area contributed by atoms with Gasteiger partial charge in [-0.1, -0.05) is 54.6 Å². The van der Waals surface area contributed by atoms with Gasteiger partial charge in [0.05, 0.1) is 0 Å². The second-order valence-electron chi connectivity index (χ2n) is 3.43. The van der Waals surface area contributed by atoms with Crippen LogP contribution in [0.15, 0.2) is 54.6 Å². The Morgan fingerprint density at radius 3 is 2.31 bits per heavy atom. The van der Waals surface area contributed by atoms with E-state index in [1.54, 1.807) is 6.07 Å². The van der Waals surface area contributed by atoms with Crippen LogP contribution in [0.1, 0.15) is 0 Å². The highest BCUT2D eigenvalue weighted by Crippen LogP contribution is 2.17. The fourth-order valence-corrected chi connectivity index (χ4v) is 1.66. The Balaban J connectivity index is 2.36. The van der Waals surface area contributed by atoms with Crippen LogP contribution < -0.4 is 5.46 Å². The first-order valence-electron chi connectivity index (χ1n) is 4.92. The number of rotatable bonds is 3. The molecule has 0 unspecified atom stereocenters. The fraction of sp³-hybridized carbons (Fsp3) is 0. The Hall–Kier alpha value is -1.29. The average molecular weight is 232 g/mol. The van der Waals surface area contributed by atoms with E-state index in [2.05, 4.69) is 4.21 Å². The largest absolute Gasteiger partial charge is 0.508 e. The molecule has 0 bridgehead atoms. The van der Waals surface area contributed by atoms with Crippen LogP contribution in [0.25, 0.3) is 11.1 Å². The minimum absolute atomic E-state index is 0.636. The van der Waals surface area contributed by atoms with Crippen molar-refractivity contribution in [2.75, 3.05) is 0 Å². The third kappa shape index (κ3) is 2.45. The molecule has 0 saturated heterocycles. The van der Waals surface area contributed by atoms with Crippen molar-refractivity contribution in [1.29, 1.82) is 0 Å². The number of hydrogen-bond acceptors (Lipinski definition) is 2. The minimum atomic E-state index is -1.09. The molecule has 0 spiro atoms. The maximum Gasteiger partial charge on any atom is 0.508 e. The lowest BCUT2D eigenvalue weighted by Crippen LogP contribution is -2.30. The Labute approximate surface area is 99.8 Å². The molecular formula is C12H10BClO2. The van der Waals surface area contributed by atoms with Crippen LogP contribution in [0, 0.1) is 0 Å². The van der Waals surface area contributed by atoms with Crippen molar-refractivity contribution in [3.05, 3.63) is 54.6 Å². The Bertz CT molecular complexity index is 462. The zero-order valence-corrected chi connectivity index (χ0v) is 9.26. The molecule has 4 heteroatoms. The van der Waals surface area contributed by atoms with E-state index in [9.17, 15) is 5.02 Å². The summed E-state index contributed by atoms with van der Waals surface area (Å²) in [6, 6.07) is 17.4. The van der Waals surface area contributed by atoms with Gasteiger partial charge in [0.25, 0.3) is 0 Å². The van der Waals surface area contributed by atoms with E-state index in [4.69, 9.17) is 11.9 Å². The topological polar surface area (TPSA) is 29.5 Å². The maximum absolute atomic E-state index is 9.45. The third-order valence-electron chi connectivity index (χ3n) is 2.36. The molecule has 0 radical (unpaired) electrons. The highest BCUT2D eigenvalue weighted by molar-refractivity contribution is 6.63. The van der Waals surface area contributed by atoms with E-state index < -0.39 is 7.12 Å². The second kappa shape index (κ2) is 5.17. The van der Waals surface area contributed by atoms with Crippen LogP contribution in [0.5, 0.6) is 0 Å². The highest BCUT2D eigenvalue weighted by Gasteiger charge is 2.15. The zero-order valence-electron chi connectivity index (χ0n) is 8.51. The van der Waals surface area contributed by atoms with Crippen molar-refractivity contribution in [3.63, 3.8) is 0 Å². The van der Waals surface area contributed by atoms with E-state index in [1.807, 2.05) is 48.5 Å². The molecule has 2 nitrogen and oxygen atoms in total. The van der Waals surface area contributed by atoms with Crippen LogP contribution in [-0.4, -0.2) is 12.1 Å². The van der Waals surface area contributed by atoms with Crippen LogP contribution in [0.3, 0.4) is 0 Å². The van der Waals surface area contributed by atoms with Gasteiger partial charge in [0.15, 0.2) is 0 Å². The molecule has 80 valence electrons. The molecule has 0 atom stereocenters. The number of halogens is 1. The predicted octanol–water partition coefficient (Wildman–Crippen LogP) is 2.21. The molecule has 0 aliphatic heterocycles. The molecule has 2 aromatic rings. The van der Waals surface area contributed by atoms with Gasteiger partial charge in [-0.2, -0.15) is 0 Å². The van der Waals surface area contributed by atoms with E-state index >= 15 is 0 Å². The van der Waals surface area contributed by atoms with E-state index in [0.717, 1.165) is 11.1 Å². The number of hydrogen-bond donors (Lipinski definition) is 1. The standard InChI is InChI=1S/C12H10BClO2/c14-16-13(15)12-8-4-7-11(9-12)10-5-2-1-3-6-10/h1-9,15H. The molecule has 0 saturated carbocycles. The average Bonchev–Trinajstić information content (AvgIpc) is 2.39. The lowest BCUT2D eigenvalue weighted by Gasteiger charge is -2.05. The van der Waals surface area contributed by atoms with Crippen LogP contribution in [-0.2, 0) is 4.21 Å². The first-order chi connectivity index (χ1) is 7.81. The molecular weight excluding hydrogens is 222 g/mol. The van der Waals surface area contributed by atoms with Crippen LogP contribution >= 0.6 is 11.9 Å². The quantitative estimate of drug-likeness (QED) is 0.822. The lowest BCUT2D eigenvalue weighted by molar-refractivity contribution is 0.457. The van der Waals surface area contributed by atoms with Crippen molar-refractivity contribution in [3.8, 4) is 11.1 Å². The summed E-state index contributed by atoms with van der Waals surface area (Å²) in [6.07, 6.45) is 0. The second-order valence-corrected chi connectivity index (χ2v) is 3.61. The molecule has 0 aliphatic rings. The van der Waals surface area contributed by atoms with Crippen molar-refractivity contribution >= 4 is 24.4 Å². The highest BCUT2D eigenvalue weighted by atomic mass is 35.5. The molecule has 0 aromatic heterocycles. The SMILES string of the molecule is OB(OCl)c1cccc(-c2ccccc2)c1. The normalized spacial score (nSPS) is 10.1. The van der Waals surface area contributed by atoms with Gasteiger partial charge in [-0.3, -0.25) is 0 Å². The Kier molecular flexibility index (Phi) is 3.62. The summed E-state index contributed by atoms with van der Waals surface area (Å²) in [5, 5.41) is 9.45. The van der Waals surface area contributed by atoms with Gasteiger partial charge in [-0.25, -0.2) is 0 Å². The van der Waals surface area contributed by atoms with Gasteiger partial charge in [0.1, 0.15) is 0 Å². The van der Waals surface area contributed by atoms with Crippen molar-refractivity contribution in [1.82, 2.24) is 0 Å². The van der Waals surface area contributed by atoms with E-state index in [1.165, 1.54) is 0 Å². The molecule has 2 rings (SSSR count). The first-order valence-corrected chi connectivity index (χ1v) is 5.23. The molecule has 1 N–H and O–H groups in total. The van der Waals surface area contributed by atoms with Crippen LogP contribution in [0.4, 0.5) is 0 Å². The van der Waals surface area contributed by atoms with Gasteiger partial charge in [0.2, 0.25) is 0 Å². The Morgan fingerprint density at radius 1 is 0.938 bits per heavy atom. The summed E-state index contributed by atoms with van der Waals surface area (Å²) < 4.78 is 4.35. The molecule has 16 heavy (non-hydrogen) atoms. The summed E-state index contributed by atoms with van der Waals surface area (Å²) in [5.74, 6) is 0. The lowest BCUT2D eigenvalue weighted by atomic mass is 9.79. The van der Waals surface area contributed by atoms with E-state index in [-0.39, 0.29) is 0 Å². The first kappa shape index (κ1) is 11.2. The molecule has 0 aliphatic carbocycles. The smallest absolute Gasteiger partial charge is 0.422 e. The number of benzene rings is 2. The van der Waals surface area contributed by atoms with Crippen LogP contribution in [0.2, 0.25) is 0 Å². The fourth-order valence-electron chi connectivity index (χ4n) is 1.55. The monoisotopic (exact) mass is 232 g/mol. The predicted molar refractivity (Wildman–Crippen MR) is 66.4 cm³/mol. The van der Waals surface area contributed by atoms with Gasteiger partial charge in [-0.05, 0) is 16.6 Å². The van der Waals surface area contributed by atoms with Gasteiger partial charge < -0.3 is 9.23 Å².